The molecule has 1 aliphatic heterocycles. The molecule has 0 unspecified atom stereocenters. The Balaban J connectivity index is 1.74. The number of carbonyl (C=O) groups excluding carboxylic acids is 1. The van der Waals surface area contributed by atoms with E-state index < -0.39 is 0 Å². The molecule has 0 N–H and O–H groups in total. The number of imidazole rings is 1. The molecular formula is C21H29N3O. The number of piperidine rings is 1. The molecule has 3 rings (SSSR count). The molecule has 1 aromatic heterocycles. The summed E-state index contributed by atoms with van der Waals surface area (Å²) in [6, 6.07) is 8.48. The number of hydrogen-bond donors (Lipinski definition) is 0. The van der Waals surface area contributed by atoms with E-state index in [9.17, 15) is 4.79 Å². The van der Waals surface area contributed by atoms with Crippen LogP contribution in [0.3, 0.4) is 0 Å². The van der Waals surface area contributed by atoms with Crippen LogP contribution >= 0.6 is 0 Å². The zero-order valence-corrected chi connectivity index (χ0v) is 15.8. The molecule has 4 heteroatoms. The minimum Gasteiger partial charge on any atom is -0.338 e. The van der Waals surface area contributed by atoms with E-state index in [0.717, 1.165) is 37.3 Å². The van der Waals surface area contributed by atoms with Gasteiger partial charge in [-0.05, 0) is 50.3 Å². The molecule has 0 spiro atoms. The Kier molecular flexibility index (Phi) is 5.26. The Morgan fingerprint density at radius 1 is 1.16 bits per heavy atom. The SMILES string of the molecule is CC(C)c1ccc(C(=O)N2CCC[C@@H](c3nccn3C(C)C)C2)cc1. The van der Waals surface area contributed by atoms with Crippen molar-refractivity contribution in [1.29, 1.82) is 0 Å². The largest absolute Gasteiger partial charge is 0.338 e. The highest BCUT2D eigenvalue weighted by atomic mass is 16.2. The zero-order valence-electron chi connectivity index (χ0n) is 15.8. The Morgan fingerprint density at radius 2 is 1.88 bits per heavy atom. The van der Waals surface area contributed by atoms with Gasteiger partial charge in [-0.1, -0.05) is 26.0 Å². The molecule has 2 aromatic rings. The molecule has 25 heavy (non-hydrogen) atoms. The molecule has 1 saturated heterocycles. The molecule has 134 valence electrons. The summed E-state index contributed by atoms with van der Waals surface area (Å²) in [7, 11) is 0. The number of amides is 1. The van der Waals surface area contributed by atoms with Gasteiger partial charge in [0.15, 0.2) is 0 Å². The molecule has 1 atom stereocenters. The summed E-state index contributed by atoms with van der Waals surface area (Å²) < 4.78 is 2.23. The lowest BCUT2D eigenvalue weighted by molar-refractivity contribution is 0.0703. The number of carbonyl (C=O) groups is 1. The third-order valence-electron chi connectivity index (χ3n) is 5.15. The second kappa shape index (κ2) is 7.42. The number of likely N-dealkylation sites (tertiary alicyclic amines) is 1. The lowest BCUT2D eigenvalue weighted by atomic mass is 9.95. The van der Waals surface area contributed by atoms with Crippen LogP contribution in [-0.2, 0) is 0 Å². The quantitative estimate of drug-likeness (QED) is 0.816. The predicted octanol–water partition coefficient (Wildman–Crippen LogP) is 4.61. The highest BCUT2D eigenvalue weighted by molar-refractivity contribution is 5.94. The molecule has 0 aliphatic carbocycles. The van der Waals surface area contributed by atoms with E-state index in [2.05, 4.69) is 49.4 Å². The summed E-state index contributed by atoms with van der Waals surface area (Å²) >= 11 is 0. The van der Waals surface area contributed by atoms with Crippen LogP contribution in [-0.4, -0.2) is 33.4 Å². The van der Waals surface area contributed by atoms with Crippen LogP contribution in [0.5, 0.6) is 0 Å². The average molecular weight is 339 g/mol. The van der Waals surface area contributed by atoms with Crippen molar-refractivity contribution < 1.29 is 4.79 Å². The normalized spacial score (nSPS) is 18.2. The van der Waals surface area contributed by atoms with E-state index in [0.29, 0.717) is 17.9 Å². The third-order valence-corrected chi connectivity index (χ3v) is 5.15. The van der Waals surface area contributed by atoms with Crippen molar-refractivity contribution >= 4 is 5.91 Å². The first-order chi connectivity index (χ1) is 12.0. The van der Waals surface area contributed by atoms with Crippen LogP contribution in [0, 0.1) is 0 Å². The first-order valence-electron chi connectivity index (χ1n) is 9.39. The first-order valence-corrected chi connectivity index (χ1v) is 9.39. The molecule has 0 bridgehead atoms. The van der Waals surface area contributed by atoms with Crippen LogP contribution < -0.4 is 0 Å². The molecule has 1 aromatic carbocycles. The van der Waals surface area contributed by atoms with E-state index in [1.165, 1.54) is 5.56 Å². The third kappa shape index (κ3) is 3.78. The van der Waals surface area contributed by atoms with Crippen LogP contribution in [0.15, 0.2) is 36.7 Å². The second-order valence-electron chi connectivity index (χ2n) is 7.65. The lowest BCUT2D eigenvalue weighted by Gasteiger charge is -2.33. The number of nitrogens with zero attached hydrogens (tertiary/aromatic N) is 3. The fourth-order valence-electron chi connectivity index (χ4n) is 3.64. The standard InChI is InChI=1S/C21H29N3O/c1-15(2)17-7-9-18(10-8-17)21(25)23-12-5-6-19(14-23)20-22-11-13-24(20)16(3)4/h7-11,13,15-16,19H,5-6,12,14H2,1-4H3/t19-/m1/s1. The van der Waals surface area contributed by atoms with Crippen LogP contribution in [0.1, 0.15) is 80.2 Å². The smallest absolute Gasteiger partial charge is 0.253 e. The maximum Gasteiger partial charge on any atom is 0.253 e. The van der Waals surface area contributed by atoms with Gasteiger partial charge in [0.05, 0.1) is 0 Å². The Labute approximate surface area is 150 Å². The average Bonchev–Trinajstić information content (AvgIpc) is 3.11. The van der Waals surface area contributed by atoms with Crippen LogP contribution in [0.25, 0.3) is 0 Å². The number of aromatic nitrogens is 2. The Hall–Kier alpha value is -2.10. The Bertz CT molecular complexity index is 715. The van der Waals surface area contributed by atoms with Gasteiger partial charge in [0.1, 0.15) is 5.82 Å². The van der Waals surface area contributed by atoms with Crippen molar-refractivity contribution in [3.8, 4) is 0 Å². The molecule has 4 nitrogen and oxygen atoms in total. The van der Waals surface area contributed by atoms with Crippen molar-refractivity contribution in [3.05, 3.63) is 53.6 Å². The van der Waals surface area contributed by atoms with Crippen LogP contribution in [0.2, 0.25) is 0 Å². The summed E-state index contributed by atoms with van der Waals surface area (Å²) in [6.45, 7) is 10.3. The van der Waals surface area contributed by atoms with Gasteiger partial charge in [0, 0.05) is 43.0 Å². The molecular weight excluding hydrogens is 310 g/mol. The van der Waals surface area contributed by atoms with Gasteiger partial charge in [-0.25, -0.2) is 4.98 Å². The van der Waals surface area contributed by atoms with Crippen molar-refractivity contribution in [2.24, 2.45) is 0 Å². The number of hydrogen-bond acceptors (Lipinski definition) is 2. The van der Waals surface area contributed by atoms with E-state index in [1.54, 1.807) is 0 Å². The molecule has 1 aliphatic rings. The summed E-state index contributed by atoms with van der Waals surface area (Å²) in [6.07, 6.45) is 6.05. The van der Waals surface area contributed by atoms with Crippen LogP contribution in [0.4, 0.5) is 0 Å². The van der Waals surface area contributed by atoms with Gasteiger partial charge >= 0.3 is 0 Å². The molecule has 2 heterocycles. The molecule has 1 amide bonds. The van der Waals surface area contributed by atoms with E-state index in [1.807, 2.05) is 29.4 Å². The minimum absolute atomic E-state index is 0.141. The first kappa shape index (κ1) is 17.7. The van der Waals surface area contributed by atoms with Crippen molar-refractivity contribution in [2.75, 3.05) is 13.1 Å². The maximum absolute atomic E-state index is 12.9. The summed E-state index contributed by atoms with van der Waals surface area (Å²) in [4.78, 5) is 19.5. The maximum atomic E-state index is 12.9. The van der Waals surface area contributed by atoms with E-state index >= 15 is 0 Å². The summed E-state index contributed by atoms with van der Waals surface area (Å²) in [5, 5.41) is 0. The highest BCUT2D eigenvalue weighted by Gasteiger charge is 2.28. The monoisotopic (exact) mass is 339 g/mol. The topological polar surface area (TPSA) is 38.1 Å². The number of rotatable bonds is 4. The highest BCUT2D eigenvalue weighted by Crippen LogP contribution is 2.28. The van der Waals surface area contributed by atoms with Crippen molar-refractivity contribution in [3.63, 3.8) is 0 Å². The summed E-state index contributed by atoms with van der Waals surface area (Å²) in [5.41, 5.74) is 2.06. The minimum atomic E-state index is 0.141. The fourth-order valence-corrected chi connectivity index (χ4v) is 3.64. The van der Waals surface area contributed by atoms with Gasteiger partial charge in [0.2, 0.25) is 0 Å². The Morgan fingerprint density at radius 3 is 2.52 bits per heavy atom. The van der Waals surface area contributed by atoms with Crippen molar-refractivity contribution in [2.45, 2.75) is 58.4 Å². The van der Waals surface area contributed by atoms with Gasteiger partial charge in [0.25, 0.3) is 5.91 Å². The van der Waals surface area contributed by atoms with Gasteiger partial charge in [-0.3, -0.25) is 4.79 Å². The van der Waals surface area contributed by atoms with Crippen molar-refractivity contribution in [1.82, 2.24) is 14.5 Å². The van der Waals surface area contributed by atoms with Gasteiger partial charge in [-0.15, -0.1) is 0 Å². The second-order valence-corrected chi connectivity index (χ2v) is 7.65. The molecule has 0 radical (unpaired) electrons. The summed E-state index contributed by atoms with van der Waals surface area (Å²) in [5.74, 6) is 2.06. The van der Waals surface area contributed by atoms with Gasteiger partial charge in [-0.2, -0.15) is 0 Å². The predicted molar refractivity (Wildman–Crippen MR) is 101 cm³/mol. The molecule has 0 saturated carbocycles. The number of benzene rings is 1. The lowest BCUT2D eigenvalue weighted by Crippen LogP contribution is -2.39. The zero-order chi connectivity index (χ0) is 18.0. The fraction of sp³-hybridized carbons (Fsp3) is 0.524. The van der Waals surface area contributed by atoms with Gasteiger partial charge < -0.3 is 9.47 Å². The van der Waals surface area contributed by atoms with E-state index in [-0.39, 0.29) is 5.91 Å². The van der Waals surface area contributed by atoms with E-state index in [4.69, 9.17) is 0 Å². The molecule has 1 fully saturated rings.